The number of hydrogen-bond acceptors (Lipinski definition) is 2. The molecule has 0 saturated heterocycles. The molecule has 0 aliphatic heterocycles. The van der Waals surface area contributed by atoms with Crippen molar-refractivity contribution >= 4 is 21.7 Å². The van der Waals surface area contributed by atoms with E-state index in [9.17, 15) is 4.79 Å². The Kier molecular flexibility index (Phi) is 4.38. The van der Waals surface area contributed by atoms with Crippen molar-refractivity contribution in [1.82, 2.24) is 0 Å². The Labute approximate surface area is 121 Å². The third-order valence-corrected chi connectivity index (χ3v) is 3.68. The highest BCUT2D eigenvalue weighted by molar-refractivity contribution is 9.10. The van der Waals surface area contributed by atoms with Crippen molar-refractivity contribution in [3.05, 3.63) is 63.6 Å². The van der Waals surface area contributed by atoms with Crippen LogP contribution in [0.3, 0.4) is 0 Å². The highest BCUT2D eigenvalue weighted by atomic mass is 79.9. The van der Waals surface area contributed by atoms with Crippen LogP contribution in [0.15, 0.2) is 46.9 Å². The smallest absolute Gasteiger partial charge is 0.200 e. The molecule has 0 fully saturated rings. The Hall–Kier alpha value is -1.61. The SMILES string of the molecule is Cc1ccc(C(=O)COc2ccccc2Br)cc1C. The predicted molar refractivity (Wildman–Crippen MR) is 79.9 cm³/mol. The molecule has 0 atom stereocenters. The Balaban J connectivity index is 2.05. The number of ether oxygens (including phenoxy) is 1. The van der Waals surface area contributed by atoms with Gasteiger partial charge in [-0.1, -0.05) is 24.3 Å². The van der Waals surface area contributed by atoms with E-state index in [0.717, 1.165) is 10.0 Å². The number of halogens is 1. The summed E-state index contributed by atoms with van der Waals surface area (Å²) in [5.74, 6) is 0.665. The number of hydrogen-bond donors (Lipinski definition) is 0. The highest BCUT2D eigenvalue weighted by Crippen LogP contribution is 2.23. The monoisotopic (exact) mass is 318 g/mol. The van der Waals surface area contributed by atoms with E-state index in [0.29, 0.717) is 11.3 Å². The molecule has 2 nitrogen and oxygen atoms in total. The number of aryl methyl sites for hydroxylation is 2. The zero-order valence-corrected chi connectivity index (χ0v) is 12.5. The number of rotatable bonds is 4. The number of carbonyl (C=O) groups excluding carboxylic acids is 1. The molecule has 0 aliphatic rings. The predicted octanol–water partition coefficient (Wildman–Crippen LogP) is 4.33. The van der Waals surface area contributed by atoms with E-state index >= 15 is 0 Å². The molecule has 2 rings (SSSR count). The summed E-state index contributed by atoms with van der Waals surface area (Å²) in [4.78, 5) is 12.1. The van der Waals surface area contributed by atoms with Gasteiger partial charge in [-0.05, 0) is 59.1 Å². The fourth-order valence-electron chi connectivity index (χ4n) is 1.70. The quantitative estimate of drug-likeness (QED) is 0.784. The number of ketones is 1. The van der Waals surface area contributed by atoms with Gasteiger partial charge in [0.1, 0.15) is 5.75 Å². The molecule has 19 heavy (non-hydrogen) atoms. The van der Waals surface area contributed by atoms with Crippen LogP contribution < -0.4 is 4.74 Å². The summed E-state index contributed by atoms with van der Waals surface area (Å²) in [6.45, 7) is 4.08. The fourth-order valence-corrected chi connectivity index (χ4v) is 2.10. The summed E-state index contributed by atoms with van der Waals surface area (Å²) < 4.78 is 6.38. The van der Waals surface area contributed by atoms with Gasteiger partial charge in [-0.25, -0.2) is 0 Å². The molecule has 2 aromatic carbocycles. The molecule has 0 amide bonds. The Morgan fingerprint density at radius 1 is 1.11 bits per heavy atom. The van der Waals surface area contributed by atoms with Crippen LogP contribution in [0.5, 0.6) is 5.75 Å². The zero-order chi connectivity index (χ0) is 13.8. The summed E-state index contributed by atoms with van der Waals surface area (Å²) in [6, 6.07) is 13.2. The lowest BCUT2D eigenvalue weighted by Crippen LogP contribution is -2.12. The van der Waals surface area contributed by atoms with Crippen LogP contribution >= 0.6 is 15.9 Å². The van der Waals surface area contributed by atoms with Gasteiger partial charge in [0, 0.05) is 5.56 Å². The second-order valence-corrected chi connectivity index (χ2v) is 5.30. The number of benzene rings is 2. The largest absolute Gasteiger partial charge is 0.484 e. The average molecular weight is 319 g/mol. The van der Waals surface area contributed by atoms with Gasteiger partial charge in [-0.2, -0.15) is 0 Å². The minimum absolute atomic E-state index is 0.0150. The van der Waals surface area contributed by atoms with Crippen LogP contribution in [0.25, 0.3) is 0 Å². The van der Waals surface area contributed by atoms with Gasteiger partial charge in [-0.15, -0.1) is 0 Å². The van der Waals surface area contributed by atoms with Crippen LogP contribution in [0.1, 0.15) is 21.5 Å². The second kappa shape index (κ2) is 6.02. The summed E-state index contributed by atoms with van der Waals surface area (Å²) >= 11 is 3.39. The van der Waals surface area contributed by atoms with Crippen LogP contribution in [-0.4, -0.2) is 12.4 Å². The molecule has 2 aromatic rings. The summed E-state index contributed by atoms with van der Waals surface area (Å²) in [5, 5.41) is 0. The van der Waals surface area contributed by atoms with E-state index in [2.05, 4.69) is 15.9 Å². The summed E-state index contributed by atoms with van der Waals surface area (Å²) in [6.07, 6.45) is 0. The first kappa shape index (κ1) is 13.8. The van der Waals surface area contributed by atoms with Crippen molar-refractivity contribution in [2.24, 2.45) is 0 Å². The van der Waals surface area contributed by atoms with Gasteiger partial charge in [0.05, 0.1) is 4.47 Å². The molecule has 0 N–H and O–H groups in total. The molecule has 3 heteroatoms. The van der Waals surface area contributed by atoms with Crippen molar-refractivity contribution in [2.45, 2.75) is 13.8 Å². The Morgan fingerprint density at radius 3 is 2.53 bits per heavy atom. The molecular formula is C16H15BrO2. The fraction of sp³-hybridized carbons (Fsp3) is 0.188. The lowest BCUT2D eigenvalue weighted by atomic mass is 10.0. The number of para-hydroxylation sites is 1. The lowest BCUT2D eigenvalue weighted by Gasteiger charge is -2.08. The van der Waals surface area contributed by atoms with E-state index in [1.54, 1.807) is 0 Å². The van der Waals surface area contributed by atoms with Crippen LogP contribution in [0.4, 0.5) is 0 Å². The average Bonchev–Trinajstić information content (AvgIpc) is 2.40. The number of carbonyl (C=O) groups is 1. The van der Waals surface area contributed by atoms with Crippen molar-refractivity contribution in [3.63, 3.8) is 0 Å². The molecule has 0 saturated carbocycles. The third-order valence-electron chi connectivity index (χ3n) is 3.02. The molecule has 0 aromatic heterocycles. The third kappa shape index (κ3) is 3.44. The molecular weight excluding hydrogens is 304 g/mol. The first-order valence-corrected chi connectivity index (χ1v) is 6.85. The molecule has 0 heterocycles. The first-order valence-electron chi connectivity index (χ1n) is 6.05. The Morgan fingerprint density at radius 2 is 1.84 bits per heavy atom. The van der Waals surface area contributed by atoms with Gasteiger partial charge in [0.15, 0.2) is 12.4 Å². The van der Waals surface area contributed by atoms with Crippen molar-refractivity contribution in [3.8, 4) is 5.75 Å². The van der Waals surface area contributed by atoms with Gasteiger partial charge < -0.3 is 4.74 Å². The van der Waals surface area contributed by atoms with E-state index in [4.69, 9.17) is 4.74 Å². The van der Waals surface area contributed by atoms with E-state index in [-0.39, 0.29) is 12.4 Å². The summed E-state index contributed by atoms with van der Waals surface area (Å²) in [5.41, 5.74) is 2.99. The standard InChI is InChI=1S/C16H15BrO2/c1-11-7-8-13(9-12(11)2)15(18)10-19-16-6-4-3-5-14(16)17/h3-9H,10H2,1-2H3. The van der Waals surface area contributed by atoms with E-state index < -0.39 is 0 Å². The van der Waals surface area contributed by atoms with Gasteiger partial charge >= 0.3 is 0 Å². The maximum absolute atomic E-state index is 12.1. The van der Waals surface area contributed by atoms with Crippen molar-refractivity contribution in [2.75, 3.05) is 6.61 Å². The minimum atomic E-state index is -0.0150. The second-order valence-electron chi connectivity index (χ2n) is 4.44. The Bertz CT molecular complexity index is 605. The molecule has 0 aliphatic carbocycles. The highest BCUT2D eigenvalue weighted by Gasteiger charge is 2.09. The van der Waals surface area contributed by atoms with Gasteiger partial charge in [-0.3, -0.25) is 4.79 Å². The van der Waals surface area contributed by atoms with Crippen LogP contribution in [0.2, 0.25) is 0 Å². The van der Waals surface area contributed by atoms with Crippen molar-refractivity contribution in [1.29, 1.82) is 0 Å². The maximum atomic E-state index is 12.1. The van der Waals surface area contributed by atoms with E-state index in [1.165, 1.54) is 5.56 Å². The maximum Gasteiger partial charge on any atom is 0.200 e. The zero-order valence-electron chi connectivity index (χ0n) is 10.9. The van der Waals surface area contributed by atoms with Gasteiger partial charge in [0.25, 0.3) is 0 Å². The van der Waals surface area contributed by atoms with Crippen molar-refractivity contribution < 1.29 is 9.53 Å². The van der Waals surface area contributed by atoms with E-state index in [1.807, 2.05) is 56.3 Å². The molecule has 0 bridgehead atoms. The minimum Gasteiger partial charge on any atom is -0.484 e. The normalized spacial score (nSPS) is 10.3. The molecule has 0 unspecified atom stereocenters. The lowest BCUT2D eigenvalue weighted by molar-refractivity contribution is 0.0921. The topological polar surface area (TPSA) is 26.3 Å². The number of Topliss-reactive ketones (excluding diaryl/α,β-unsaturated/α-hetero) is 1. The first-order chi connectivity index (χ1) is 9.08. The molecule has 0 spiro atoms. The van der Waals surface area contributed by atoms with Crippen LogP contribution in [0, 0.1) is 13.8 Å². The van der Waals surface area contributed by atoms with Gasteiger partial charge in [0.2, 0.25) is 0 Å². The summed E-state index contributed by atoms with van der Waals surface area (Å²) in [7, 11) is 0. The molecule has 98 valence electrons. The molecule has 0 radical (unpaired) electrons. The van der Waals surface area contributed by atoms with Crippen LogP contribution in [-0.2, 0) is 0 Å².